The van der Waals surface area contributed by atoms with E-state index in [0.717, 1.165) is 18.2 Å². The Kier molecular flexibility index (Phi) is 4.36. The Morgan fingerprint density at radius 3 is 2.63 bits per heavy atom. The molecular formula is C20H24ClN5O4. The zero-order valence-corrected chi connectivity index (χ0v) is 18.0. The van der Waals surface area contributed by atoms with Crippen LogP contribution in [-0.4, -0.2) is 62.9 Å². The van der Waals surface area contributed by atoms with Crippen molar-refractivity contribution in [2.24, 2.45) is 0 Å². The van der Waals surface area contributed by atoms with E-state index in [4.69, 9.17) is 21.1 Å². The van der Waals surface area contributed by atoms with Gasteiger partial charge in [0.25, 0.3) is 0 Å². The second-order valence-electron chi connectivity index (χ2n) is 9.04. The molecule has 0 aliphatic carbocycles. The number of amides is 1. The Morgan fingerprint density at radius 1 is 1.27 bits per heavy atom. The van der Waals surface area contributed by atoms with E-state index in [2.05, 4.69) is 14.9 Å². The van der Waals surface area contributed by atoms with Gasteiger partial charge in [-0.05, 0) is 33.6 Å². The van der Waals surface area contributed by atoms with Crippen LogP contribution in [0.3, 0.4) is 0 Å². The molecule has 5 heterocycles. The van der Waals surface area contributed by atoms with E-state index in [-0.39, 0.29) is 29.0 Å². The summed E-state index contributed by atoms with van der Waals surface area (Å²) in [5, 5.41) is 0.973. The molecule has 2 saturated heterocycles. The lowest BCUT2D eigenvalue weighted by atomic mass is 10.1. The van der Waals surface area contributed by atoms with Gasteiger partial charge < -0.3 is 14.4 Å². The second kappa shape index (κ2) is 6.73. The summed E-state index contributed by atoms with van der Waals surface area (Å²) in [6.07, 6.45) is 3.17. The Morgan fingerprint density at radius 2 is 1.97 bits per heavy atom. The fourth-order valence-electron chi connectivity index (χ4n) is 4.70. The van der Waals surface area contributed by atoms with Crippen LogP contribution in [0.5, 0.6) is 5.75 Å². The van der Waals surface area contributed by atoms with Crippen molar-refractivity contribution in [1.29, 1.82) is 0 Å². The van der Waals surface area contributed by atoms with Gasteiger partial charge in [0.05, 0.1) is 24.0 Å². The molecule has 160 valence electrons. The molecule has 1 amide bonds. The van der Waals surface area contributed by atoms with Crippen molar-refractivity contribution in [1.82, 2.24) is 19.4 Å². The SMILES string of the molecule is CC(C)(C)OC(=O)N1C2CCC1CN(c1nc(=O)n3c4c(c(Cl)ncc14)OCC3)C2. The molecule has 2 bridgehead atoms. The van der Waals surface area contributed by atoms with Crippen molar-refractivity contribution in [2.45, 2.75) is 57.8 Å². The van der Waals surface area contributed by atoms with E-state index in [9.17, 15) is 9.59 Å². The van der Waals surface area contributed by atoms with Gasteiger partial charge >= 0.3 is 11.8 Å². The number of rotatable bonds is 1. The zero-order chi connectivity index (χ0) is 21.2. The van der Waals surface area contributed by atoms with Crippen molar-refractivity contribution in [3.05, 3.63) is 21.8 Å². The molecule has 0 radical (unpaired) electrons. The first-order valence-corrected chi connectivity index (χ1v) is 10.6. The number of ether oxygens (including phenoxy) is 2. The summed E-state index contributed by atoms with van der Waals surface area (Å²) in [6.45, 7) is 7.56. The highest BCUT2D eigenvalue weighted by molar-refractivity contribution is 6.32. The number of pyridine rings is 1. The average Bonchev–Trinajstić information content (AvgIpc) is 2.95. The van der Waals surface area contributed by atoms with Crippen molar-refractivity contribution >= 4 is 34.4 Å². The van der Waals surface area contributed by atoms with Gasteiger partial charge in [0.15, 0.2) is 10.9 Å². The predicted octanol–water partition coefficient (Wildman–Crippen LogP) is 2.43. The van der Waals surface area contributed by atoms with Crippen LogP contribution in [0.1, 0.15) is 33.6 Å². The summed E-state index contributed by atoms with van der Waals surface area (Å²) in [4.78, 5) is 38.1. The lowest BCUT2D eigenvalue weighted by Gasteiger charge is -2.42. The molecular weight excluding hydrogens is 410 g/mol. The number of piperazine rings is 1. The molecule has 30 heavy (non-hydrogen) atoms. The van der Waals surface area contributed by atoms with Crippen LogP contribution in [0, 0.1) is 0 Å². The van der Waals surface area contributed by atoms with Gasteiger partial charge in [0.1, 0.15) is 23.5 Å². The minimum atomic E-state index is -0.537. The molecule has 0 N–H and O–H groups in total. The highest BCUT2D eigenvalue weighted by atomic mass is 35.5. The minimum absolute atomic E-state index is 0.0155. The molecule has 2 aromatic rings. The van der Waals surface area contributed by atoms with E-state index in [1.54, 1.807) is 10.8 Å². The Labute approximate surface area is 178 Å². The van der Waals surface area contributed by atoms with Crippen LogP contribution >= 0.6 is 11.6 Å². The van der Waals surface area contributed by atoms with E-state index in [1.807, 2.05) is 25.7 Å². The van der Waals surface area contributed by atoms with Gasteiger partial charge in [-0.3, -0.25) is 9.47 Å². The minimum Gasteiger partial charge on any atom is -0.486 e. The van der Waals surface area contributed by atoms with Gasteiger partial charge in [-0.1, -0.05) is 11.6 Å². The fourth-order valence-corrected chi connectivity index (χ4v) is 4.90. The molecule has 0 aromatic carbocycles. The summed E-state index contributed by atoms with van der Waals surface area (Å²) in [5.41, 5.74) is -0.227. The van der Waals surface area contributed by atoms with Gasteiger partial charge in [0.2, 0.25) is 0 Å². The Bertz CT molecular complexity index is 1080. The lowest BCUT2D eigenvalue weighted by Crippen LogP contribution is -2.57. The number of fused-ring (bicyclic) bond motifs is 2. The summed E-state index contributed by atoms with van der Waals surface area (Å²) in [6, 6.07) is 0.0311. The normalized spacial score (nSPS) is 22.9. The number of aromatic nitrogens is 3. The third-order valence-corrected chi connectivity index (χ3v) is 6.12. The lowest BCUT2D eigenvalue weighted by molar-refractivity contribution is 0.0123. The van der Waals surface area contributed by atoms with Crippen molar-refractivity contribution in [3.63, 3.8) is 0 Å². The summed E-state index contributed by atoms with van der Waals surface area (Å²) >= 11 is 6.22. The number of halogens is 1. The molecule has 9 nitrogen and oxygen atoms in total. The molecule has 2 aromatic heterocycles. The van der Waals surface area contributed by atoms with E-state index < -0.39 is 5.60 Å². The first-order chi connectivity index (χ1) is 14.2. The van der Waals surface area contributed by atoms with E-state index in [0.29, 0.717) is 43.3 Å². The van der Waals surface area contributed by atoms with Crippen LogP contribution in [0.15, 0.2) is 11.0 Å². The molecule has 3 aliphatic rings. The number of anilines is 1. The topological polar surface area (TPSA) is 89.8 Å². The number of hydrogen-bond donors (Lipinski definition) is 0. The van der Waals surface area contributed by atoms with E-state index in [1.165, 1.54) is 0 Å². The van der Waals surface area contributed by atoms with Crippen molar-refractivity contribution < 1.29 is 14.3 Å². The summed E-state index contributed by atoms with van der Waals surface area (Å²) < 4.78 is 12.9. The molecule has 0 spiro atoms. The number of nitrogens with zero attached hydrogens (tertiary/aromatic N) is 5. The molecule has 0 saturated carbocycles. The monoisotopic (exact) mass is 433 g/mol. The van der Waals surface area contributed by atoms with Crippen molar-refractivity contribution in [2.75, 3.05) is 24.6 Å². The molecule has 10 heteroatoms. The Balaban J connectivity index is 1.51. The molecule has 2 fully saturated rings. The molecule has 2 atom stereocenters. The van der Waals surface area contributed by atoms with Gasteiger partial charge in [0, 0.05) is 19.3 Å². The van der Waals surface area contributed by atoms with Crippen LogP contribution in [-0.2, 0) is 11.3 Å². The fraction of sp³-hybridized carbons (Fsp3) is 0.600. The first kappa shape index (κ1) is 19.4. The highest BCUT2D eigenvalue weighted by Crippen LogP contribution is 2.39. The zero-order valence-electron chi connectivity index (χ0n) is 17.2. The third-order valence-electron chi connectivity index (χ3n) is 5.86. The van der Waals surface area contributed by atoms with Crippen LogP contribution in [0.4, 0.5) is 10.6 Å². The highest BCUT2D eigenvalue weighted by Gasteiger charge is 2.45. The average molecular weight is 434 g/mol. The van der Waals surface area contributed by atoms with Crippen LogP contribution in [0.2, 0.25) is 5.15 Å². The van der Waals surface area contributed by atoms with Crippen LogP contribution < -0.4 is 15.3 Å². The molecule has 2 unspecified atom stereocenters. The molecule has 3 aliphatic heterocycles. The third kappa shape index (κ3) is 3.07. The standard InChI is InChI=1S/C20H24ClN5O4/c1-20(2,3)30-19(28)26-11-4-5-12(26)10-24(9-11)17-13-8-22-16(21)15-14(13)25(6-7-29-15)18(27)23-17/h8,11-12H,4-7,9-10H2,1-3H3. The number of hydrogen-bond acceptors (Lipinski definition) is 7. The quantitative estimate of drug-likeness (QED) is 0.638. The van der Waals surface area contributed by atoms with E-state index >= 15 is 0 Å². The van der Waals surface area contributed by atoms with Crippen molar-refractivity contribution in [3.8, 4) is 5.75 Å². The molecule has 5 rings (SSSR count). The summed E-state index contributed by atoms with van der Waals surface area (Å²) in [5.74, 6) is 0.999. The van der Waals surface area contributed by atoms with Gasteiger partial charge in [-0.15, -0.1) is 0 Å². The smallest absolute Gasteiger partial charge is 0.410 e. The summed E-state index contributed by atoms with van der Waals surface area (Å²) in [7, 11) is 0. The maximum Gasteiger partial charge on any atom is 0.410 e. The van der Waals surface area contributed by atoms with Gasteiger partial charge in [-0.25, -0.2) is 14.6 Å². The maximum absolute atomic E-state index is 12.8. The largest absolute Gasteiger partial charge is 0.486 e. The second-order valence-corrected chi connectivity index (χ2v) is 9.39. The van der Waals surface area contributed by atoms with Gasteiger partial charge in [-0.2, -0.15) is 4.98 Å². The Hall–Kier alpha value is -2.55. The number of carbonyl (C=O) groups is 1. The predicted molar refractivity (Wildman–Crippen MR) is 111 cm³/mol. The number of carbonyl (C=O) groups excluding carboxylic acids is 1. The first-order valence-electron chi connectivity index (χ1n) is 10.2. The van der Waals surface area contributed by atoms with Crippen LogP contribution in [0.25, 0.3) is 10.9 Å². The maximum atomic E-state index is 12.8.